The zero-order valence-electron chi connectivity index (χ0n) is 12.4. The van der Waals surface area contributed by atoms with Gasteiger partial charge in [-0.15, -0.1) is 0 Å². The molecular weight excluding hydrogens is 297 g/mol. The second kappa shape index (κ2) is 6.66. The number of hydrogen-bond acceptors (Lipinski definition) is 3. The molecule has 0 radical (unpaired) electrons. The van der Waals surface area contributed by atoms with Crippen LogP contribution in [0.5, 0.6) is 0 Å². The number of hydrogen-bond donors (Lipinski definition) is 1. The van der Waals surface area contributed by atoms with E-state index < -0.39 is 24.1 Å². The van der Waals surface area contributed by atoms with Crippen LogP contribution in [0.15, 0.2) is 18.2 Å². The smallest absolute Gasteiger partial charge is 0.416 e. The van der Waals surface area contributed by atoms with Gasteiger partial charge < -0.3 is 10.0 Å². The minimum Gasteiger partial charge on any atom is -0.481 e. The summed E-state index contributed by atoms with van der Waals surface area (Å²) in [6.45, 7) is 3.35. The summed E-state index contributed by atoms with van der Waals surface area (Å²) in [7, 11) is 1.99. The first-order chi connectivity index (χ1) is 10.3. The molecule has 2 rings (SSSR count). The van der Waals surface area contributed by atoms with Crippen LogP contribution in [-0.4, -0.2) is 54.1 Å². The topological polar surface area (TPSA) is 43.8 Å². The van der Waals surface area contributed by atoms with E-state index in [-0.39, 0.29) is 17.7 Å². The third-order valence-electron chi connectivity index (χ3n) is 3.82. The van der Waals surface area contributed by atoms with Crippen LogP contribution in [0.3, 0.4) is 0 Å². The molecule has 0 spiro atoms. The number of benzene rings is 1. The van der Waals surface area contributed by atoms with Crippen LogP contribution in [-0.2, 0) is 23.9 Å². The Bertz CT molecular complexity index is 538. The van der Waals surface area contributed by atoms with Crippen molar-refractivity contribution in [1.29, 1.82) is 0 Å². The number of likely N-dealkylation sites (N-methyl/N-ethyl adjacent to an activating group) is 1. The Morgan fingerprint density at radius 1 is 1.23 bits per heavy atom. The highest BCUT2D eigenvalue weighted by Gasteiger charge is 2.34. The fraction of sp³-hybridized carbons (Fsp3) is 0.533. The van der Waals surface area contributed by atoms with Crippen LogP contribution >= 0.6 is 0 Å². The van der Waals surface area contributed by atoms with Crippen molar-refractivity contribution in [2.75, 3.05) is 33.2 Å². The molecule has 22 heavy (non-hydrogen) atoms. The maximum atomic E-state index is 13.2. The van der Waals surface area contributed by atoms with Gasteiger partial charge in [-0.1, -0.05) is 12.1 Å². The van der Waals surface area contributed by atoms with Crippen LogP contribution in [0.25, 0.3) is 0 Å². The molecule has 0 atom stereocenters. The summed E-state index contributed by atoms with van der Waals surface area (Å²) in [5, 5.41) is 8.72. The molecule has 0 aliphatic carbocycles. The number of carbonyl (C=O) groups is 1. The molecule has 1 fully saturated rings. The van der Waals surface area contributed by atoms with Gasteiger partial charge in [-0.2, -0.15) is 13.2 Å². The Morgan fingerprint density at radius 2 is 1.86 bits per heavy atom. The summed E-state index contributed by atoms with van der Waals surface area (Å²) >= 11 is 0. The highest BCUT2D eigenvalue weighted by atomic mass is 19.4. The fourth-order valence-corrected chi connectivity index (χ4v) is 2.56. The molecule has 1 aliphatic rings. The van der Waals surface area contributed by atoms with Crippen molar-refractivity contribution >= 4 is 5.97 Å². The molecule has 1 aromatic carbocycles. The number of aliphatic carboxylic acids is 1. The Morgan fingerprint density at radius 3 is 2.41 bits per heavy atom. The summed E-state index contributed by atoms with van der Waals surface area (Å²) in [4.78, 5) is 14.8. The standard InChI is InChI=1S/C15H19F3N2O2/c1-19-4-6-20(7-5-19)10-12-3-2-11(9-14(21)22)8-13(12)15(16,17)18/h2-3,8H,4-7,9-10H2,1H3,(H,21,22). The number of nitrogens with zero attached hydrogens (tertiary/aromatic N) is 2. The lowest BCUT2D eigenvalue weighted by atomic mass is 10.0. The lowest BCUT2D eigenvalue weighted by molar-refractivity contribution is -0.139. The SMILES string of the molecule is CN1CCN(Cc2ccc(CC(=O)O)cc2C(F)(F)F)CC1. The first-order valence-electron chi connectivity index (χ1n) is 7.07. The van der Waals surface area contributed by atoms with Gasteiger partial charge in [0.2, 0.25) is 0 Å². The highest BCUT2D eigenvalue weighted by molar-refractivity contribution is 5.70. The second-order valence-electron chi connectivity index (χ2n) is 5.64. The van der Waals surface area contributed by atoms with Gasteiger partial charge in [-0.25, -0.2) is 0 Å². The zero-order valence-corrected chi connectivity index (χ0v) is 12.4. The van der Waals surface area contributed by atoms with Crippen molar-refractivity contribution in [3.63, 3.8) is 0 Å². The molecule has 122 valence electrons. The highest BCUT2D eigenvalue weighted by Crippen LogP contribution is 2.33. The number of rotatable bonds is 4. The zero-order chi connectivity index (χ0) is 16.3. The largest absolute Gasteiger partial charge is 0.481 e. The quantitative estimate of drug-likeness (QED) is 0.924. The van der Waals surface area contributed by atoms with Crippen molar-refractivity contribution in [3.05, 3.63) is 34.9 Å². The van der Waals surface area contributed by atoms with Crippen molar-refractivity contribution in [2.45, 2.75) is 19.1 Å². The Balaban J connectivity index is 2.20. The van der Waals surface area contributed by atoms with Gasteiger partial charge in [0, 0.05) is 32.7 Å². The molecule has 7 heteroatoms. The molecule has 0 amide bonds. The Hall–Kier alpha value is -1.60. The minimum absolute atomic E-state index is 0.168. The van der Waals surface area contributed by atoms with E-state index in [2.05, 4.69) is 4.90 Å². The number of piperazine rings is 1. The third-order valence-corrected chi connectivity index (χ3v) is 3.82. The molecule has 1 heterocycles. The average Bonchev–Trinajstić information content (AvgIpc) is 2.41. The number of alkyl halides is 3. The van der Waals surface area contributed by atoms with E-state index in [4.69, 9.17) is 5.11 Å². The van der Waals surface area contributed by atoms with Gasteiger partial charge in [0.25, 0.3) is 0 Å². The van der Waals surface area contributed by atoms with Crippen LogP contribution < -0.4 is 0 Å². The van der Waals surface area contributed by atoms with Gasteiger partial charge in [0.1, 0.15) is 0 Å². The Kier molecular flexibility index (Phi) is 5.08. The summed E-state index contributed by atoms with van der Waals surface area (Å²) in [6, 6.07) is 3.83. The molecule has 4 nitrogen and oxygen atoms in total. The molecule has 0 bridgehead atoms. The number of carboxylic acid groups (broad SMARTS) is 1. The first-order valence-corrected chi connectivity index (χ1v) is 7.07. The van der Waals surface area contributed by atoms with Gasteiger partial charge in [-0.3, -0.25) is 9.69 Å². The lowest BCUT2D eigenvalue weighted by Gasteiger charge is -2.33. The molecule has 0 unspecified atom stereocenters. The summed E-state index contributed by atoms with van der Waals surface area (Å²) in [6.07, 6.45) is -4.88. The minimum atomic E-state index is -4.48. The predicted octanol–water partition coefficient (Wildman–Crippen LogP) is 2.08. The lowest BCUT2D eigenvalue weighted by Crippen LogP contribution is -2.44. The van der Waals surface area contributed by atoms with E-state index in [9.17, 15) is 18.0 Å². The molecule has 0 saturated carbocycles. The Labute approximate surface area is 127 Å². The number of carboxylic acids is 1. The molecule has 1 saturated heterocycles. The van der Waals surface area contributed by atoms with E-state index in [1.54, 1.807) is 0 Å². The van der Waals surface area contributed by atoms with E-state index in [0.29, 0.717) is 0 Å². The fourth-order valence-electron chi connectivity index (χ4n) is 2.56. The second-order valence-corrected chi connectivity index (χ2v) is 5.64. The summed E-state index contributed by atoms with van der Waals surface area (Å²) in [5.41, 5.74) is -0.363. The van der Waals surface area contributed by atoms with E-state index >= 15 is 0 Å². The predicted molar refractivity (Wildman–Crippen MR) is 75.6 cm³/mol. The maximum absolute atomic E-state index is 13.2. The van der Waals surface area contributed by atoms with E-state index in [0.717, 1.165) is 32.2 Å². The third kappa shape index (κ3) is 4.45. The van der Waals surface area contributed by atoms with Crippen molar-refractivity contribution in [2.24, 2.45) is 0 Å². The van der Waals surface area contributed by atoms with Crippen molar-refractivity contribution < 1.29 is 23.1 Å². The van der Waals surface area contributed by atoms with Gasteiger partial charge in [0.05, 0.1) is 12.0 Å². The monoisotopic (exact) mass is 316 g/mol. The summed E-state index contributed by atoms with van der Waals surface area (Å²) < 4.78 is 39.6. The molecule has 1 N–H and O–H groups in total. The summed E-state index contributed by atoms with van der Waals surface area (Å²) in [5.74, 6) is -1.14. The van der Waals surface area contributed by atoms with Gasteiger partial charge in [-0.05, 0) is 24.2 Å². The van der Waals surface area contributed by atoms with Crippen LogP contribution in [0.2, 0.25) is 0 Å². The number of halogens is 3. The van der Waals surface area contributed by atoms with Crippen LogP contribution in [0.4, 0.5) is 13.2 Å². The van der Waals surface area contributed by atoms with Crippen LogP contribution in [0.1, 0.15) is 16.7 Å². The van der Waals surface area contributed by atoms with E-state index in [1.165, 1.54) is 12.1 Å². The molecule has 1 aromatic rings. The normalized spacial score (nSPS) is 17.6. The van der Waals surface area contributed by atoms with E-state index in [1.807, 2.05) is 11.9 Å². The maximum Gasteiger partial charge on any atom is 0.416 e. The molecular formula is C15H19F3N2O2. The first kappa shape index (κ1) is 16.8. The van der Waals surface area contributed by atoms with Crippen LogP contribution in [0, 0.1) is 0 Å². The molecule has 1 aliphatic heterocycles. The average molecular weight is 316 g/mol. The van der Waals surface area contributed by atoms with Crippen molar-refractivity contribution in [3.8, 4) is 0 Å². The van der Waals surface area contributed by atoms with Gasteiger partial charge >= 0.3 is 12.1 Å². The van der Waals surface area contributed by atoms with Crippen molar-refractivity contribution in [1.82, 2.24) is 9.80 Å². The molecule has 0 aromatic heterocycles. The van der Waals surface area contributed by atoms with Gasteiger partial charge in [0.15, 0.2) is 0 Å².